The molecule has 20 heavy (non-hydrogen) atoms. The van der Waals surface area contributed by atoms with Crippen molar-refractivity contribution in [2.24, 2.45) is 0 Å². The standard InChI is InChI=1S/C15H14N2O3/c18-14(19)10-11-6-4-5-9-13(11)17-15(20)16-12-7-2-1-3-8-12/h1-9H,10H2,(H,18,19)(H2,16,17,20). The van der Waals surface area contributed by atoms with Crippen LogP contribution in [0.5, 0.6) is 0 Å². The summed E-state index contributed by atoms with van der Waals surface area (Å²) in [4.78, 5) is 22.6. The van der Waals surface area contributed by atoms with Gasteiger partial charge < -0.3 is 15.7 Å². The average molecular weight is 270 g/mol. The van der Waals surface area contributed by atoms with Crippen LogP contribution >= 0.6 is 0 Å². The minimum atomic E-state index is -0.942. The van der Waals surface area contributed by atoms with Crippen molar-refractivity contribution in [1.29, 1.82) is 0 Å². The van der Waals surface area contributed by atoms with E-state index >= 15 is 0 Å². The molecule has 0 atom stereocenters. The van der Waals surface area contributed by atoms with Crippen LogP contribution in [0, 0.1) is 0 Å². The number of hydrogen-bond donors (Lipinski definition) is 3. The number of rotatable bonds is 4. The fourth-order valence-electron chi connectivity index (χ4n) is 1.77. The average Bonchev–Trinajstić information content (AvgIpc) is 2.41. The van der Waals surface area contributed by atoms with Gasteiger partial charge in [-0.2, -0.15) is 0 Å². The molecule has 3 N–H and O–H groups in total. The van der Waals surface area contributed by atoms with E-state index in [1.165, 1.54) is 0 Å². The maximum atomic E-state index is 11.9. The number of hydrogen-bond acceptors (Lipinski definition) is 2. The summed E-state index contributed by atoms with van der Waals surface area (Å²) in [5.74, 6) is -0.942. The van der Waals surface area contributed by atoms with Crippen molar-refractivity contribution in [2.45, 2.75) is 6.42 Å². The number of urea groups is 1. The van der Waals surface area contributed by atoms with Gasteiger partial charge in [0.2, 0.25) is 0 Å². The lowest BCUT2D eigenvalue weighted by Gasteiger charge is -2.10. The van der Waals surface area contributed by atoms with E-state index in [0.29, 0.717) is 16.9 Å². The van der Waals surface area contributed by atoms with Crippen LogP contribution in [0.25, 0.3) is 0 Å². The van der Waals surface area contributed by atoms with Crippen molar-refractivity contribution in [3.63, 3.8) is 0 Å². The highest BCUT2D eigenvalue weighted by Crippen LogP contribution is 2.16. The molecule has 0 aliphatic rings. The lowest BCUT2D eigenvalue weighted by Crippen LogP contribution is -2.20. The predicted molar refractivity (Wildman–Crippen MR) is 76.9 cm³/mol. The molecule has 0 fully saturated rings. The summed E-state index contributed by atoms with van der Waals surface area (Å²) >= 11 is 0. The van der Waals surface area contributed by atoms with Crippen molar-refractivity contribution in [3.05, 3.63) is 60.2 Å². The molecular weight excluding hydrogens is 256 g/mol. The van der Waals surface area contributed by atoms with Crippen LogP contribution in [0.2, 0.25) is 0 Å². The summed E-state index contributed by atoms with van der Waals surface area (Å²) in [5.41, 5.74) is 1.72. The van der Waals surface area contributed by atoms with E-state index in [0.717, 1.165) is 0 Å². The van der Waals surface area contributed by atoms with E-state index in [1.54, 1.807) is 36.4 Å². The summed E-state index contributed by atoms with van der Waals surface area (Å²) in [7, 11) is 0. The van der Waals surface area contributed by atoms with Crippen molar-refractivity contribution < 1.29 is 14.7 Å². The summed E-state index contributed by atoms with van der Waals surface area (Å²) in [6.45, 7) is 0. The Kier molecular flexibility index (Phi) is 4.34. The van der Waals surface area contributed by atoms with Crippen molar-refractivity contribution in [2.75, 3.05) is 10.6 Å². The Balaban J connectivity index is 2.06. The van der Waals surface area contributed by atoms with E-state index < -0.39 is 12.0 Å². The van der Waals surface area contributed by atoms with Crippen molar-refractivity contribution in [3.8, 4) is 0 Å². The molecular formula is C15H14N2O3. The first-order valence-corrected chi connectivity index (χ1v) is 6.08. The first-order chi connectivity index (χ1) is 9.65. The molecule has 2 amide bonds. The van der Waals surface area contributed by atoms with Crippen LogP contribution in [-0.4, -0.2) is 17.1 Å². The molecule has 0 radical (unpaired) electrons. The van der Waals surface area contributed by atoms with Gasteiger partial charge in [-0.3, -0.25) is 4.79 Å². The molecule has 5 nitrogen and oxygen atoms in total. The third kappa shape index (κ3) is 3.84. The Hall–Kier alpha value is -2.82. The predicted octanol–water partition coefficient (Wildman–Crippen LogP) is 2.96. The molecule has 2 aromatic rings. The van der Waals surface area contributed by atoms with E-state index in [9.17, 15) is 9.59 Å². The summed E-state index contributed by atoms with van der Waals surface area (Å²) < 4.78 is 0. The molecule has 0 spiro atoms. The van der Waals surface area contributed by atoms with Crippen LogP contribution < -0.4 is 10.6 Å². The minimum absolute atomic E-state index is 0.137. The molecule has 0 heterocycles. The fourth-order valence-corrected chi connectivity index (χ4v) is 1.77. The van der Waals surface area contributed by atoms with Crippen LogP contribution in [0.1, 0.15) is 5.56 Å². The lowest BCUT2D eigenvalue weighted by molar-refractivity contribution is -0.136. The Morgan fingerprint density at radius 1 is 0.900 bits per heavy atom. The van der Waals surface area contributed by atoms with Gasteiger partial charge in [0.15, 0.2) is 0 Å². The molecule has 0 aromatic heterocycles. The molecule has 5 heteroatoms. The maximum absolute atomic E-state index is 11.9. The number of carboxylic acid groups (broad SMARTS) is 1. The molecule has 0 bridgehead atoms. The van der Waals surface area contributed by atoms with Gasteiger partial charge in [-0.15, -0.1) is 0 Å². The van der Waals surface area contributed by atoms with E-state index in [1.807, 2.05) is 18.2 Å². The zero-order valence-corrected chi connectivity index (χ0v) is 10.7. The number of anilines is 2. The third-order valence-electron chi connectivity index (χ3n) is 2.64. The number of carboxylic acids is 1. The number of amides is 2. The number of carbonyl (C=O) groups excluding carboxylic acids is 1. The minimum Gasteiger partial charge on any atom is -0.481 e. The van der Waals surface area contributed by atoms with Crippen molar-refractivity contribution in [1.82, 2.24) is 0 Å². The van der Waals surface area contributed by atoms with Crippen molar-refractivity contribution >= 4 is 23.4 Å². The number of benzene rings is 2. The number of aliphatic carboxylic acids is 1. The zero-order valence-electron chi connectivity index (χ0n) is 10.7. The largest absolute Gasteiger partial charge is 0.481 e. The number of nitrogens with one attached hydrogen (secondary N) is 2. The van der Waals surface area contributed by atoms with Gasteiger partial charge >= 0.3 is 12.0 Å². The molecule has 0 aliphatic carbocycles. The number of carbonyl (C=O) groups is 2. The van der Waals surface area contributed by atoms with Gasteiger partial charge in [-0.05, 0) is 23.8 Å². The van der Waals surface area contributed by atoms with Gasteiger partial charge in [0, 0.05) is 11.4 Å². The molecule has 0 saturated heterocycles. The molecule has 102 valence electrons. The van der Waals surface area contributed by atoms with Gasteiger partial charge in [0.05, 0.1) is 6.42 Å². The van der Waals surface area contributed by atoms with Crippen LogP contribution in [0.4, 0.5) is 16.2 Å². The second-order valence-corrected chi connectivity index (χ2v) is 4.17. The third-order valence-corrected chi connectivity index (χ3v) is 2.64. The highest BCUT2D eigenvalue weighted by atomic mass is 16.4. The summed E-state index contributed by atoms with van der Waals surface area (Å²) in [5, 5.41) is 14.2. The Bertz CT molecular complexity index is 612. The topological polar surface area (TPSA) is 78.4 Å². The van der Waals surface area contributed by atoms with Gasteiger partial charge in [0.1, 0.15) is 0 Å². The quantitative estimate of drug-likeness (QED) is 0.799. The van der Waals surface area contributed by atoms with Gasteiger partial charge in [-0.1, -0.05) is 36.4 Å². The van der Waals surface area contributed by atoms with Crippen LogP contribution in [0.3, 0.4) is 0 Å². The molecule has 0 aliphatic heterocycles. The molecule has 2 aromatic carbocycles. The van der Waals surface area contributed by atoms with Gasteiger partial charge in [-0.25, -0.2) is 4.79 Å². The molecule has 0 saturated carbocycles. The van der Waals surface area contributed by atoms with E-state index in [2.05, 4.69) is 10.6 Å². The SMILES string of the molecule is O=C(O)Cc1ccccc1NC(=O)Nc1ccccc1. The monoisotopic (exact) mass is 270 g/mol. The number of para-hydroxylation sites is 2. The van der Waals surface area contributed by atoms with Crippen LogP contribution in [0.15, 0.2) is 54.6 Å². The summed E-state index contributed by atoms with van der Waals surface area (Å²) in [6, 6.07) is 15.4. The summed E-state index contributed by atoms with van der Waals surface area (Å²) in [6.07, 6.45) is -0.137. The second-order valence-electron chi connectivity index (χ2n) is 4.17. The molecule has 2 rings (SSSR count). The first kappa shape index (κ1) is 13.6. The first-order valence-electron chi connectivity index (χ1n) is 6.08. The Labute approximate surface area is 116 Å². The lowest BCUT2D eigenvalue weighted by atomic mass is 10.1. The Morgan fingerprint density at radius 3 is 2.25 bits per heavy atom. The van der Waals surface area contributed by atoms with Crippen LogP contribution in [-0.2, 0) is 11.2 Å². The van der Waals surface area contributed by atoms with E-state index in [4.69, 9.17) is 5.11 Å². The highest BCUT2D eigenvalue weighted by molar-refractivity contribution is 6.00. The normalized spacial score (nSPS) is 9.80. The maximum Gasteiger partial charge on any atom is 0.323 e. The smallest absolute Gasteiger partial charge is 0.323 e. The molecule has 0 unspecified atom stereocenters. The second kappa shape index (κ2) is 6.38. The zero-order chi connectivity index (χ0) is 14.4. The Morgan fingerprint density at radius 2 is 1.55 bits per heavy atom. The van der Waals surface area contributed by atoms with E-state index in [-0.39, 0.29) is 6.42 Å². The van der Waals surface area contributed by atoms with Gasteiger partial charge in [0.25, 0.3) is 0 Å². The highest BCUT2D eigenvalue weighted by Gasteiger charge is 2.09. The fraction of sp³-hybridized carbons (Fsp3) is 0.0667.